The topological polar surface area (TPSA) is 207 Å². The number of carboxylic acids is 5. The van der Waals surface area contributed by atoms with E-state index in [1.54, 1.807) is 0 Å². The Balaban J connectivity index is 4.31. The van der Waals surface area contributed by atoms with E-state index in [4.69, 9.17) is 25.5 Å². The molecular weight excluding hydrogens is 308 g/mol. The van der Waals surface area contributed by atoms with E-state index in [1.807, 2.05) is 0 Å². The number of rotatable bonds is 5. The van der Waals surface area contributed by atoms with Crippen molar-refractivity contribution >= 4 is 29.8 Å². The predicted octanol–water partition coefficient (Wildman–Crippen LogP) is -0.117. The lowest BCUT2D eigenvalue weighted by Gasteiger charge is -2.14. The molecule has 0 saturated carbocycles. The van der Waals surface area contributed by atoms with Crippen LogP contribution in [0.1, 0.15) is 51.8 Å². The van der Waals surface area contributed by atoms with Gasteiger partial charge < -0.3 is 30.6 Å². The van der Waals surface area contributed by atoms with Crippen molar-refractivity contribution in [3.63, 3.8) is 0 Å². The van der Waals surface area contributed by atoms with Gasteiger partial charge in [-0.3, -0.25) is 0 Å². The van der Waals surface area contributed by atoms with Gasteiger partial charge in [0, 0.05) is 0 Å². The molecule has 0 saturated heterocycles. The summed E-state index contributed by atoms with van der Waals surface area (Å²) in [4.78, 5) is 55.3. The summed E-state index contributed by atoms with van der Waals surface area (Å²) in [5.41, 5.74) is -7.72. The Morgan fingerprint density at radius 1 is 0.455 bits per heavy atom. The Labute approximate surface area is 119 Å². The van der Waals surface area contributed by atoms with Crippen LogP contribution in [0, 0.1) is 0 Å². The van der Waals surface area contributed by atoms with Crippen molar-refractivity contribution in [3.8, 4) is 5.75 Å². The summed E-state index contributed by atoms with van der Waals surface area (Å²) >= 11 is 0. The third-order valence-electron chi connectivity index (χ3n) is 2.54. The Morgan fingerprint density at radius 3 is 0.818 bits per heavy atom. The van der Waals surface area contributed by atoms with Crippen LogP contribution in [0.3, 0.4) is 0 Å². The van der Waals surface area contributed by atoms with Crippen molar-refractivity contribution in [2.75, 3.05) is 0 Å². The van der Waals surface area contributed by atoms with Crippen LogP contribution in [0.2, 0.25) is 0 Å². The molecule has 0 spiro atoms. The second kappa shape index (κ2) is 5.40. The third kappa shape index (κ3) is 2.37. The van der Waals surface area contributed by atoms with Crippen LogP contribution in [0.4, 0.5) is 0 Å². The predicted molar refractivity (Wildman–Crippen MR) is 62.9 cm³/mol. The van der Waals surface area contributed by atoms with Gasteiger partial charge in [-0.1, -0.05) is 0 Å². The molecule has 1 aromatic rings. The van der Waals surface area contributed by atoms with Crippen LogP contribution in [-0.4, -0.2) is 60.5 Å². The lowest BCUT2D eigenvalue weighted by molar-refractivity contribution is 0.0605. The lowest BCUT2D eigenvalue weighted by Crippen LogP contribution is -2.23. The monoisotopic (exact) mass is 314 g/mol. The summed E-state index contributed by atoms with van der Waals surface area (Å²) in [5.74, 6) is -12.5. The summed E-state index contributed by atoms with van der Waals surface area (Å²) in [5, 5.41) is 54.2. The molecule has 0 fully saturated rings. The zero-order chi connectivity index (χ0) is 17.4. The molecule has 11 nitrogen and oxygen atoms in total. The molecule has 0 aliphatic carbocycles. The standard InChI is InChI=1S/C11H6O11/c12-6-4(10(19)20)2(8(15)16)1(7(13)14)3(9(17)18)5(6)11(21)22/h12H,(H,13,14)(H,15,16)(H,17,18)(H,19,20)(H,21,22). The first kappa shape index (κ1) is 16.4. The SMILES string of the molecule is O=C(O)c1c(O)c(C(=O)O)c(C(=O)O)c(C(=O)O)c1C(=O)O. The largest absolute Gasteiger partial charge is 0.506 e. The van der Waals surface area contributed by atoms with Crippen LogP contribution < -0.4 is 0 Å². The van der Waals surface area contributed by atoms with E-state index < -0.39 is 63.4 Å². The minimum atomic E-state index is -2.18. The summed E-state index contributed by atoms with van der Waals surface area (Å²) in [6.45, 7) is 0. The van der Waals surface area contributed by atoms with Crippen LogP contribution in [0.25, 0.3) is 0 Å². The number of carboxylic acid groups (broad SMARTS) is 5. The highest BCUT2D eigenvalue weighted by Crippen LogP contribution is 2.34. The maximum absolute atomic E-state index is 11.1. The van der Waals surface area contributed by atoms with Crippen LogP contribution in [0.15, 0.2) is 0 Å². The highest BCUT2D eigenvalue weighted by molar-refractivity contribution is 6.19. The molecule has 0 amide bonds. The van der Waals surface area contributed by atoms with Crippen molar-refractivity contribution in [1.82, 2.24) is 0 Å². The molecular formula is C11H6O11. The first-order valence-corrected chi connectivity index (χ1v) is 5.11. The van der Waals surface area contributed by atoms with Crippen LogP contribution in [-0.2, 0) is 0 Å². The van der Waals surface area contributed by atoms with E-state index >= 15 is 0 Å². The number of carbonyl (C=O) groups is 5. The highest BCUT2D eigenvalue weighted by atomic mass is 16.4. The van der Waals surface area contributed by atoms with Crippen molar-refractivity contribution in [3.05, 3.63) is 27.8 Å². The van der Waals surface area contributed by atoms with Gasteiger partial charge in [0.2, 0.25) is 0 Å². The molecule has 22 heavy (non-hydrogen) atoms. The highest BCUT2D eigenvalue weighted by Gasteiger charge is 2.38. The quantitative estimate of drug-likeness (QED) is 0.422. The number of hydrogen-bond donors (Lipinski definition) is 6. The van der Waals surface area contributed by atoms with Crippen molar-refractivity contribution in [2.24, 2.45) is 0 Å². The number of benzene rings is 1. The van der Waals surface area contributed by atoms with Crippen LogP contribution in [0.5, 0.6) is 5.75 Å². The Bertz CT molecular complexity index is 690. The number of phenols is 1. The number of aromatic carboxylic acids is 5. The van der Waals surface area contributed by atoms with Gasteiger partial charge in [-0.25, -0.2) is 24.0 Å². The molecule has 0 atom stereocenters. The van der Waals surface area contributed by atoms with E-state index in [-0.39, 0.29) is 0 Å². The maximum atomic E-state index is 11.1. The van der Waals surface area contributed by atoms with Crippen LogP contribution >= 0.6 is 0 Å². The number of aromatic hydroxyl groups is 1. The molecule has 1 rings (SSSR count). The van der Waals surface area contributed by atoms with Gasteiger partial charge in [-0.2, -0.15) is 0 Å². The van der Waals surface area contributed by atoms with E-state index in [1.165, 1.54) is 0 Å². The Morgan fingerprint density at radius 2 is 0.636 bits per heavy atom. The summed E-state index contributed by atoms with van der Waals surface area (Å²) in [6, 6.07) is 0. The van der Waals surface area contributed by atoms with Gasteiger partial charge >= 0.3 is 29.8 Å². The van der Waals surface area contributed by atoms with Crippen molar-refractivity contribution < 1.29 is 54.6 Å². The van der Waals surface area contributed by atoms with Gasteiger partial charge in [0.15, 0.2) is 0 Å². The molecule has 0 aliphatic heterocycles. The zero-order valence-corrected chi connectivity index (χ0v) is 10.2. The summed E-state index contributed by atoms with van der Waals surface area (Å²) < 4.78 is 0. The van der Waals surface area contributed by atoms with E-state index in [2.05, 4.69) is 0 Å². The normalized spacial score (nSPS) is 10.0. The molecule has 0 radical (unpaired) electrons. The molecule has 6 N–H and O–H groups in total. The minimum Gasteiger partial charge on any atom is -0.506 e. The third-order valence-corrected chi connectivity index (χ3v) is 2.54. The molecule has 0 aliphatic rings. The molecule has 1 aromatic carbocycles. The summed E-state index contributed by atoms with van der Waals surface area (Å²) in [6.07, 6.45) is 0. The minimum absolute atomic E-state index is 1.53. The lowest BCUT2D eigenvalue weighted by atomic mass is 9.90. The van der Waals surface area contributed by atoms with Gasteiger partial charge in [0.1, 0.15) is 16.9 Å². The Kier molecular flexibility index (Phi) is 4.03. The summed E-state index contributed by atoms with van der Waals surface area (Å²) in [7, 11) is 0. The average molecular weight is 314 g/mol. The molecule has 0 bridgehead atoms. The Hall–Kier alpha value is -3.63. The van der Waals surface area contributed by atoms with Crippen molar-refractivity contribution in [1.29, 1.82) is 0 Å². The van der Waals surface area contributed by atoms with Gasteiger partial charge in [0.25, 0.3) is 0 Å². The number of hydrogen-bond acceptors (Lipinski definition) is 6. The fourth-order valence-corrected chi connectivity index (χ4v) is 1.79. The maximum Gasteiger partial charge on any atom is 0.340 e. The molecule has 0 unspecified atom stereocenters. The second-order valence-electron chi connectivity index (χ2n) is 3.75. The average Bonchev–Trinajstić information content (AvgIpc) is 2.34. The van der Waals surface area contributed by atoms with Crippen molar-refractivity contribution in [2.45, 2.75) is 0 Å². The molecule has 11 heteroatoms. The molecule has 116 valence electrons. The zero-order valence-electron chi connectivity index (χ0n) is 10.2. The van der Waals surface area contributed by atoms with Gasteiger partial charge in [-0.15, -0.1) is 0 Å². The molecule has 0 aromatic heterocycles. The van der Waals surface area contributed by atoms with E-state index in [0.29, 0.717) is 0 Å². The van der Waals surface area contributed by atoms with E-state index in [9.17, 15) is 29.1 Å². The fourth-order valence-electron chi connectivity index (χ4n) is 1.79. The fraction of sp³-hybridized carbons (Fsp3) is 0. The first-order chi connectivity index (χ1) is 10.0. The van der Waals surface area contributed by atoms with E-state index in [0.717, 1.165) is 0 Å². The molecule has 0 heterocycles. The second-order valence-corrected chi connectivity index (χ2v) is 3.75. The first-order valence-electron chi connectivity index (χ1n) is 5.11. The van der Waals surface area contributed by atoms with Gasteiger partial charge in [0.05, 0.1) is 16.7 Å². The smallest absolute Gasteiger partial charge is 0.340 e. The van der Waals surface area contributed by atoms with Gasteiger partial charge in [-0.05, 0) is 0 Å².